The van der Waals surface area contributed by atoms with E-state index in [0.29, 0.717) is 11.4 Å². The van der Waals surface area contributed by atoms with Crippen molar-refractivity contribution in [1.29, 1.82) is 0 Å². The van der Waals surface area contributed by atoms with E-state index >= 15 is 0 Å². The minimum atomic E-state index is -2.77. The third kappa shape index (κ3) is 3.33. The quantitative estimate of drug-likeness (QED) is 0.737. The maximum absolute atomic E-state index is 13.8. The molecule has 1 aliphatic rings. The van der Waals surface area contributed by atoms with Gasteiger partial charge in [-0.3, -0.25) is 4.98 Å². The summed E-state index contributed by atoms with van der Waals surface area (Å²) in [7, 11) is 3.10. The lowest BCUT2D eigenvalue weighted by molar-refractivity contribution is -0.00992. The van der Waals surface area contributed by atoms with E-state index in [-0.39, 0.29) is 24.4 Å². The van der Waals surface area contributed by atoms with Gasteiger partial charge in [0.1, 0.15) is 5.75 Å². The summed E-state index contributed by atoms with van der Waals surface area (Å²) in [5.74, 6) is -2.16. The van der Waals surface area contributed by atoms with Crippen LogP contribution in [0.25, 0.3) is 22.2 Å². The van der Waals surface area contributed by atoms with E-state index in [1.807, 2.05) is 6.07 Å². The monoisotopic (exact) mass is 387 g/mol. The highest BCUT2D eigenvalue weighted by molar-refractivity contribution is 5.88. The van der Waals surface area contributed by atoms with Crippen LogP contribution in [0.3, 0.4) is 0 Å². The van der Waals surface area contributed by atoms with Gasteiger partial charge in [-0.2, -0.15) is 0 Å². The highest BCUT2D eigenvalue weighted by atomic mass is 19.3. The first kappa shape index (κ1) is 18.4. The molecule has 0 amide bonds. The van der Waals surface area contributed by atoms with Gasteiger partial charge in [0.25, 0.3) is 5.92 Å². The molecule has 2 heterocycles. The molecule has 0 radical (unpaired) electrons. The van der Waals surface area contributed by atoms with Crippen molar-refractivity contribution >= 4 is 16.6 Å². The summed E-state index contributed by atoms with van der Waals surface area (Å²) < 4.78 is 32.8. The van der Waals surface area contributed by atoms with Crippen LogP contribution in [0.2, 0.25) is 0 Å². The number of likely N-dealkylation sites (N-methyl/N-ethyl adjacent to an activating group) is 1. The van der Waals surface area contributed by atoms with Gasteiger partial charge in [0.05, 0.1) is 23.9 Å². The number of anilines is 1. The third-order valence-corrected chi connectivity index (χ3v) is 5.14. The fourth-order valence-corrected chi connectivity index (χ4v) is 3.60. The molecular weight excluding hydrogens is 368 g/mol. The second-order valence-corrected chi connectivity index (χ2v) is 6.95. The van der Waals surface area contributed by atoms with Crippen molar-refractivity contribution in [3.63, 3.8) is 0 Å². The summed E-state index contributed by atoms with van der Waals surface area (Å²) in [6.45, 7) is 0. The molecule has 1 aromatic carbocycles. The number of methoxy groups -OCH3 is 1. The zero-order chi connectivity index (χ0) is 19.9. The molecule has 1 N–H and O–H groups in total. The molecule has 0 aliphatic heterocycles. The molecule has 0 bridgehead atoms. The number of aromatic nitrogens is 4. The van der Waals surface area contributed by atoms with Gasteiger partial charge in [-0.25, -0.2) is 13.8 Å². The Morgan fingerprint density at radius 2 is 2.00 bits per heavy atom. The van der Waals surface area contributed by atoms with E-state index in [1.54, 1.807) is 36.5 Å². The first-order chi connectivity index (χ1) is 13.4. The number of benzene rings is 1. The van der Waals surface area contributed by atoms with E-state index in [9.17, 15) is 13.9 Å². The highest BCUT2D eigenvalue weighted by Gasteiger charge is 2.48. The Morgan fingerprint density at radius 1 is 1.18 bits per heavy atom. The van der Waals surface area contributed by atoms with Gasteiger partial charge in [-0.05, 0) is 23.6 Å². The van der Waals surface area contributed by atoms with Crippen LogP contribution in [0.5, 0.6) is 5.75 Å². The van der Waals surface area contributed by atoms with Crippen LogP contribution in [0.1, 0.15) is 12.8 Å². The average Bonchev–Trinajstić information content (AvgIpc) is 3.02. The highest BCUT2D eigenvalue weighted by Crippen LogP contribution is 2.39. The van der Waals surface area contributed by atoms with E-state index in [4.69, 9.17) is 4.74 Å². The Hall–Kier alpha value is -2.94. The molecule has 1 aliphatic carbocycles. The van der Waals surface area contributed by atoms with E-state index in [1.165, 1.54) is 13.3 Å². The number of pyridine rings is 1. The molecule has 1 fully saturated rings. The summed E-state index contributed by atoms with van der Waals surface area (Å²) in [4.78, 5) is 9.92. The molecule has 28 heavy (non-hydrogen) atoms. The number of rotatable bonds is 4. The van der Waals surface area contributed by atoms with Crippen LogP contribution in [0.15, 0.2) is 36.8 Å². The van der Waals surface area contributed by atoms with Gasteiger partial charge >= 0.3 is 0 Å². The van der Waals surface area contributed by atoms with Crippen LogP contribution in [0.4, 0.5) is 14.6 Å². The van der Waals surface area contributed by atoms with Gasteiger partial charge in [-0.15, -0.1) is 10.2 Å². The number of alkyl halides is 2. The molecule has 0 spiro atoms. The Balaban J connectivity index is 1.61. The SMILES string of the molecule is CO[C@H]1CC(F)(F)C[C@@H]1N(C)c1cnc(-c2cc3ccncc3cc2O)nn1. The summed E-state index contributed by atoms with van der Waals surface area (Å²) in [6, 6.07) is 4.64. The zero-order valence-electron chi connectivity index (χ0n) is 15.4. The van der Waals surface area contributed by atoms with Crippen molar-refractivity contribution in [2.45, 2.75) is 30.9 Å². The molecule has 0 saturated heterocycles. The largest absolute Gasteiger partial charge is 0.507 e. The van der Waals surface area contributed by atoms with E-state index in [0.717, 1.165) is 10.8 Å². The maximum atomic E-state index is 13.8. The van der Waals surface area contributed by atoms with Crippen molar-refractivity contribution in [1.82, 2.24) is 20.2 Å². The number of fused-ring (bicyclic) bond motifs is 1. The standard InChI is InChI=1S/C19H19F2N5O2/c1-26(14-7-19(20,21)8-16(14)28-2)17-10-23-18(25-24-17)13-5-11-3-4-22-9-12(11)6-15(13)27/h3-6,9-10,14,16,27H,7-8H2,1-2H3/t14-,16-/m0/s1. The van der Waals surface area contributed by atoms with Gasteiger partial charge in [0, 0.05) is 44.8 Å². The fraction of sp³-hybridized carbons (Fsp3) is 0.368. The molecule has 3 aromatic rings. The predicted molar refractivity (Wildman–Crippen MR) is 99.4 cm³/mol. The van der Waals surface area contributed by atoms with Crippen molar-refractivity contribution in [2.75, 3.05) is 19.1 Å². The number of halogens is 2. The number of hydrogen-bond donors (Lipinski definition) is 1. The lowest BCUT2D eigenvalue weighted by Gasteiger charge is -2.28. The Bertz CT molecular complexity index is 999. The van der Waals surface area contributed by atoms with Crippen molar-refractivity contribution < 1.29 is 18.6 Å². The normalized spacial score (nSPS) is 21.1. The fourth-order valence-electron chi connectivity index (χ4n) is 3.60. The number of phenolic OH excluding ortho intramolecular Hbond substituents is 1. The Morgan fingerprint density at radius 3 is 2.71 bits per heavy atom. The molecule has 146 valence electrons. The van der Waals surface area contributed by atoms with Crippen molar-refractivity contribution in [3.05, 3.63) is 36.8 Å². The Labute approximate surface area is 160 Å². The van der Waals surface area contributed by atoms with Gasteiger partial charge in [0.15, 0.2) is 11.6 Å². The molecule has 9 heteroatoms. The summed E-state index contributed by atoms with van der Waals surface area (Å²) >= 11 is 0. The average molecular weight is 387 g/mol. The summed E-state index contributed by atoms with van der Waals surface area (Å²) in [6.07, 6.45) is 3.53. The lowest BCUT2D eigenvalue weighted by atomic mass is 10.1. The number of aromatic hydroxyl groups is 1. The maximum Gasteiger partial charge on any atom is 0.252 e. The molecule has 2 aromatic heterocycles. The van der Waals surface area contributed by atoms with Crippen LogP contribution in [-0.2, 0) is 4.74 Å². The minimum absolute atomic E-state index is 0.0123. The first-order valence-corrected chi connectivity index (χ1v) is 8.78. The number of phenols is 1. The van der Waals surface area contributed by atoms with Crippen molar-refractivity contribution in [3.8, 4) is 17.1 Å². The first-order valence-electron chi connectivity index (χ1n) is 8.78. The Kier molecular flexibility index (Phi) is 4.54. The predicted octanol–water partition coefficient (Wildman–Crippen LogP) is 3.04. The molecule has 0 unspecified atom stereocenters. The van der Waals surface area contributed by atoms with E-state index < -0.39 is 18.1 Å². The summed E-state index contributed by atoms with van der Waals surface area (Å²) in [5, 5.41) is 20.2. The zero-order valence-corrected chi connectivity index (χ0v) is 15.4. The molecule has 1 saturated carbocycles. The molecule has 2 atom stereocenters. The lowest BCUT2D eigenvalue weighted by Crippen LogP contribution is -2.39. The van der Waals surface area contributed by atoms with Crippen molar-refractivity contribution in [2.24, 2.45) is 0 Å². The number of nitrogens with zero attached hydrogens (tertiary/aromatic N) is 5. The van der Waals surface area contributed by atoms with Crippen LogP contribution < -0.4 is 4.90 Å². The van der Waals surface area contributed by atoms with Crippen LogP contribution in [-0.4, -0.2) is 57.5 Å². The van der Waals surface area contributed by atoms with Gasteiger partial charge in [0.2, 0.25) is 0 Å². The van der Waals surface area contributed by atoms with Crippen LogP contribution in [0, 0.1) is 0 Å². The summed E-state index contributed by atoms with van der Waals surface area (Å²) in [5.41, 5.74) is 0.433. The second kappa shape index (κ2) is 6.90. The van der Waals surface area contributed by atoms with Gasteiger partial charge < -0.3 is 14.7 Å². The van der Waals surface area contributed by atoms with Gasteiger partial charge in [-0.1, -0.05) is 0 Å². The molecule has 7 nitrogen and oxygen atoms in total. The molecular formula is C19H19F2N5O2. The minimum Gasteiger partial charge on any atom is -0.507 e. The second-order valence-electron chi connectivity index (χ2n) is 6.95. The topological polar surface area (TPSA) is 84.3 Å². The molecule has 4 rings (SSSR count). The smallest absolute Gasteiger partial charge is 0.252 e. The number of hydrogen-bond acceptors (Lipinski definition) is 7. The third-order valence-electron chi connectivity index (χ3n) is 5.14. The van der Waals surface area contributed by atoms with Crippen LogP contribution >= 0.6 is 0 Å². The van der Waals surface area contributed by atoms with E-state index in [2.05, 4.69) is 20.2 Å². The number of ether oxygens (including phenoxy) is 1.